The zero-order chi connectivity index (χ0) is 12.2. The van der Waals surface area contributed by atoms with E-state index in [1.807, 2.05) is 6.92 Å². The maximum atomic E-state index is 11.8. The van der Waals surface area contributed by atoms with Gasteiger partial charge in [0.15, 0.2) is 0 Å². The molecule has 3 N–H and O–H groups in total. The Balaban J connectivity index is 2.27. The number of rotatable bonds is 4. The molecule has 4 nitrogen and oxygen atoms in total. The lowest BCUT2D eigenvalue weighted by Crippen LogP contribution is -2.52. The number of carbonyl (C=O) groups excluding carboxylic acids is 1. The third-order valence-corrected chi connectivity index (χ3v) is 3.64. The molecule has 0 saturated carbocycles. The summed E-state index contributed by atoms with van der Waals surface area (Å²) in [5.74, 6) is 0.599. The maximum absolute atomic E-state index is 11.8. The average molecular weight is 227 g/mol. The van der Waals surface area contributed by atoms with Gasteiger partial charge >= 0.3 is 0 Å². The van der Waals surface area contributed by atoms with Crippen LogP contribution in [0.15, 0.2) is 0 Å². The summed E-state index contributed by atoms with van der Waals surface area (Å²) < 4.78 is 0. The number of nitrogens with zero attached hydrogens (tertiary/aromatic N) is 1. The van der Waals surface area contributed by atoms with Gasteiger partial charge in [-0.15, -0.1) is 0 Å². The van der Waals surface area contributed by atoms with Crippen molar-refractivity contribution in [3.8, 4) is 0 Å². The van der Waals surface area contributed by atoms with Crippen molar-refractivity contribution in [2.75, 3.05) is 26.7 Å². The summed E-state index contributed by atoms with van der Waals surface area (Å²) in [4.78, 5) is 14.1. The van der Waals surface area contributed by atoms with Gasteiger partial charge in [-0.2, -0.15) is 0 Å². The quantitative estimate of drug-likeness (QED) is 0.738. The normalized spacial score (nSPS) is 22.8. The molecular formula is C12H25N3O. The van der Waals surface area contributed by atoms with Crippen LogP contribution in [0.5, 0.6) is 0 Å². The van der Waals surface area contributed by atoms with E-state index in [0.29, 0.717) is 12.3 Å². The Morgan fingerprint density at radius 3 is 2.56 bits per heavy atom. The number of likely N-dealkylation sites (tertiary alicyclic amines) is 1. The van der Waals surface area contributed by atoms with Crippen molar-refractivity contribution < 1.29 is 4.79 Å². The van der Waals surface area contributed by atoms with E-state index in [0.717, 1.165) is 19.6 Å². The van der Waals surface area contributed by atoms with Crippen molar-refractivity contribution >= 4 is 5.91 Å². The van der Waals surface area contributed by atoms with Crippen LogP contribution < -0.4 is 11.1 Å². The highest BCUT2D eigenvalue weighted by Crippen LogP contribution is 2.15. The number of amides is 1. The Bertz CT molecular complexity index is 232. The standard InChI is InChI=1S/C12H25N3O/c1-4-12(2,13)11(16)14-9-10-5-7-15(3)8-6-10/h10H,4-9,13H2,1-3H3,(H,14,16). The van der Waals surface area contributed by atoms with Gasteiger partial charge in [0.2, 0.25) is 5.91 Å². The summed E-state index contributed by atoms with van der Waals surface area (Å²) in [7, 11) is 2.14. The highest BCUT2D eigenvalue weighted by molar-refractivity contribution is 5.85. The lowest BCUT2D eigenvalue weighted by Gasteiger charge is -2.30. The lowest BCUT2D eigenvalue weighted by atomic mass is 9.95. The Kier molecular flexibility index (Phi) is 4.74. The molecule has 1 amide bonds. The smallest absolute Gasteiger partial charge is 0.239 e. The molecule has 1 saturated heterocycles. The third kappa shape index (κ3) is 3.76. The molecule has 0 radical (unpaired) electrons. The molecular weight excluding hydrogens is 202 g/mol. The van der Waals surface area contributed by atoms with Crippen molar-refractivity contribution in [2.45, 2.75) is 38.6 Å². The Morgan fingerprint density at radius 1 is 1.50 bits per heavy atom. The second-order valence-corrected chi connectivity index (χ2v) is 5.23. The molecule has 1 heterocycles. The molecule has 0 aromatic rings. The SMILES string of the molecule is CCC(C)(N)C(=O)NCC1CCN(C)CC1. The van der Waals surface area contributed by atoms with Crippen molar-refractivity contribution in [3.63, 3.8) is 0 Å². The van der Waals surface area contributed by atoms with Crippen LogP contribution in [-0.4, -0.2) is 43.0 Å². The van der Waals surface area contributed by atoms with Gasteiger partial charge in [-0.1, -0.05) is 6.92 Å². The topological polar surface area (TPSA) is 58.4 Å². The maximum Gasteiger partial charge on any atom is 0.239 e. The number of hydrogen-bond acceptors (Lipinski definition) is 3. The highest BCUT2D eigenvalue weighted by atomic mass is 16.2. The molecule has 4 heteroatoms. The fourth-order valence-corrected chi connectivity index (χ4v) is 1.87. The first-order valence-corrected chi connectivity index (χ1v) is 6.21. The second-order valence-electron chi connectivity index (χ2n) is 5.23. The van der Waals surface area contributed by atoms with E-state index in [9.17, 15) is 4.79 Å². The number of carbonyl (C=O) groups is 1. The van der Waals surface area contributed by atoms with Gasteiger partial charge in [0.05, 0.1) is 5.54 Å². The van der Waals surface area contributed by atoms with E-state index in [1.54, 1.807) is 6.92 Å². The summed E-state index contributed by atoms with van der Waals surface area (Å²) in [6.07, 6.45) is 3.01. The van der Waals surface area contributed by atoms with Crippen LogP contribution in [0.2, 0.25) is 0 Å². The van der Waals surface area contributed by atoms with Gasteiger partial charge in [-0.3, -0.25) is 4.79 Å². The second kappa shape index (κ2) is 5.64. The van der Waals surface area contributed by atoms with E-state index in [4.69, 9.17) is 5.73 Å². The zero-order valence-electron chi connectivity index (χ0n) is 10.8. The summed E-state index contributed by atoms with van der Waals surface area (Å²) in [5, 5.41) is 2.98. The molecule has 1 rings (SSSR count). The Morgan fingerprint density at radius 2 is 2.06 bits per heavy atom. The first-order chi connectivity index (χ1) is 7.45. The number of piperidine rings is 1. The molecule has 16 heavy (non-hydrogen) atoms. The summed E-state index contributed by atoms with van der Waals surface area (Å²) in [6.45, 7) is 6.77. The van der Waals surface area contributed by atoms with Crippen LogP contribution in [0.4, 0.5) is 0 Å². The van der Waals surface area contributed by atoms with Gasteiger partial charge in [0.25, 0.3) is 0 Å². The number of nitrogens with one attached hydrogen (secondary N) is 1. The Hall–Kier alpha value is -0.610. The van der Waals surface area contributed by atoms with Crippen LogP contribution in [0.25, 0.3) is 0 Å². The van der Waals surface area contributed by atoms with Gasteiger partial charge in [0, 0.05) is 6.54 Å². The third-order valence-electron chi connectivity index (χ3n) is 3.64. The Labute approximate surface area is 98.6 Å². The minimum absolute atomic E-state index is 0.0195. The van der Waals surface area contributed by atoms with Gasteiger partial charge < -0.3 is 16.0 Å². The van der Waals surface area contributed by atoms with Crippen molar-refractivity contribution in [2.24, 2.45) is 11.7 Å². The minimum atomic E-state index is -0.717. The lowest BCUT2D eigenvalue weighted by molar-refractivity contribution is -0.126. The van der Waals surface area contributed by atoms with Crippen LogP contribution in [0, 0.1) is 5.92 Å². The van der Waals surface area contributed by atoms with E-state index >= 15 is 0 Å². The fraction of sp³-hybridized carbons (Fsp3) is 0.917. The van der Waals surface area contributed by atoms with E-state index in [2.05, 4.69) is 17.3 Å². The van der Waals surface area contributed by atoms with Gasteiger partial charge in [-0.05, 0) is 52.2 Å². The zero-order valence-corrected chi connectivity index (χ0v) is 10.8. The van der Waals surface area contributed by atoms with E-state index < -0.39 is 5.54 Å². The molecule has 0 spiro atoms. The molecule has 94 valence electrons. The monoisotopic (exact) mass is 227 g/mol. The molecule has 1 atom stereocenters. The van der Waals surface area contributed by atoms with Crippen molar-refractivity contribution in [3.05, 3.63) is 0 Å². The largest absolute Gasteiger partial charge is 0.354 e. The summed E-state index contributed by atoms with van der Waals surface area (Å²) in [6, 6.07) is 0. The molecule has 0 bridgehead atoms. The van der Waals surface area contributed by atoms with Crippen molar-refractivity contribution in [1.82, 2.24) is 10.2 Å². The van der Waals surface area contributed by atoms with Crippen LogP contribution in [-0.2, 0) is 4.79 Å². The summed E-state index contributed by atoms with van der Waals surface area (Å²) >= 11 is 0. The molecule has 0 aromatic carbocycles. The van der Waals surface area contributed by atoms with E-state index in [1.165, 1.54) is 12.8 Å². The van der Waals surface area contributed by atoms with Crippen LogP contribution >= 0.6 is 0 Å². The molecule has 1 unspecified atom stereocenters. The molecule has 0 aliphatic carbocycles. The fourth-order valence-electron chi connectivity index (χ4n) is 1.87. The first-order valence-electron chi connectivity index (χ1n) is 6.21. The number of nitrogens with two attached hydrogens (primary N) is 1. The predicted octanol–water partition coefficient (Wildman–Crippen LogP) is 0.572. The minimum Gasteiger partial charge on any atom is -0.354 e. The van der Waals surface area contributed by atoms with Gasteiger partial charge in [-0.25, -0.2) is 0 Å². The summed E-state index contributed by atoms with van der Waals surface area (Å²) in [5.41, 5.74) is 5.16. The highest BCUT2D eigenvalue weighted by Gasteiger charge is 2.26. The number of hydrogen-bond donors (Lipinski definition) is 2. The van der Waals surface area contributed by atoms with Crippen LogP contribution in [0.3, 0.4) is 0 Å². The van der Waals surface area contributed by atoms with Gasteiger partial charge in [0.1, 0.15) is 0 Å². The molecule has 0 aromatic heterocycles. The average Bonchev–Trinajstić information content (AvgIpc) is 2.28. The first kappa shape index (κ1) is 13.5. The molecule has 1 fully saturated rings. The van der Waals surface area contributed by atoms with Crippen molar-refractivity contribution in [1.29, 1.82) is 0 Å². The molecule has 1 aliphatic heterocycles. The van der Waals surface area contributed by atoms with E-state index in [-0.39, 0.29) is 5.91 Å². The predicted molar refractivity (Wildman–Crippen MR) is 66.1 cm³/mol. The van der Waals surface area contributed by atoms with Crippen LogP contribution in [0.1, 0.15) is 33.1 Å². The molecule has 1 aliphatic rings.